The molecule has 0 aliphatic carbocycles. The van der Waals surface area contributed by atoms with Crippen LogP contribution in [0.25, 0.3) is 0 Å². The topological polar surface area (TPSA) is 7.12 Å². The third-order valence-electron chi connectivity index (χ3n) is 2.40. The van der Waals surface area contributed by atoms with Gasteiger partial charge >= 0.3 is 0 Å². The smallest absolute Gasteiger partial charge is 0.192 e. The predicted octanol–water partition coefficient (Wildman–Crippen LogP) is 1.11. The third kappa shape index (κ3) is 1.42. The van der Waals surface area contributed by atoms with Gasteiger partial charge in [0.25, 0.3) is 0 Å². The SMILES string of the molecule is C[n+]1cccc(N2CCCC2)c1. The van der Waals surface area contributed by atoms with Crippen molar-refractivity contribution in [1.82, 2.24) is 0 Å². The van der Waals surface area contributed by atoms with Gasteiger partial charge in [-0.25, -0.2) is 4.57 Å². The first-order valence-corrected chi connectivity index (χ1v) is 4.56. The number of hydrogen-bond acceptors (Lipinski definition) is 1. The standard InChI is InChI=1S/C10H15N2/c1-11-6-4-5-10(9-11)12-7-2-3-8-12/h4-6,9H,2-3,7-8H2,1H3/q+1. The second-order valence-corrected chi connectivity index (χ2v) is 3.42. The highest BCUT2D eigenvalue weighted by Crippen LogP contribution is 2.17. The maximum atomic E-state index is 2.44. The monoisotopic (exact) mass is 163 g/mol. The lowest BCUT2D eigenvalue weighted by Crippen LogP contribution is -2.29. The van der Waals surface area contributed by atoms with Gasteiger partial charge in [-0.05, 0) is 18.9 Å². The molecule has 0 unspecified atom stereocenters. The number of anilines is 1. The average Bonchev–Trinajstić information content (AvgIpc) is 2.56. The lowest BCUT2D eigenvalue weighted by atomic mass is 10.4. The third-order valence-corrected chi connectivity index (χ3v) is 2.40. The number of hydrogen-bond donors (Lipinski definition) is 0. The van der Waals surface area contributed by atoms with Gasteiger partial charge in [0.1, 0.15) is 12.7 Å². The van der Waals surface area contributed by atoms with Crippen LogP contribution in [0.5, 0.6) is 0 Å². The van der Waals surface area contributed by atoms with Crippen molar-refractivity contribution >= 4 is 5.69 Å². The Morgan fingerprint density at radius 3 is 2.75 bits per heavy atom. The Balaban J connectivity index is 2.21. The number of aromatic nitrogens is 1. The summed E-state index contributed by atoms with van der Waals surface area (Å²) in [5.74, 6) is 0. The molecule has 2 nitrogen and oxygen atoms in total. The maximum Gasteiger partial charge on any atom is 0.192 e. The zero-order valence-corrected chi connectivity index (χ0v) is 7.53. The van der Waals surface area contributed by atoms with E-state index < -0.39 is 0 Å². The lowest BCUT2D eigenvalue weighted by Gasteiger charge is -2.14. The zero-order valence-electron chi connectivity index (χ0n) is 7.53. The summed E-state index contributed by atoms with van der Waals surface area (Å²) in [4.78, 5) is 2.44. The molecule has 0 aromatic carbocycles. The highest BCUT2D eigenvalue weighted by atomic mass is 15.2. The van der Waals surface area contributed by atoms with Crippen LogP contribution in [0.3, 0.4) is 0 Å². The van der Waals surface area contributed by atoms with E-state index in [9.17, 15) is 0 Å². The molecule has 0 amide bonds. The molecule has 2 rings (SSSR count). The fraction of sp³-hybridized carbons (Fsp3) is 0.500. The minimum Gasteiger partial charge on any atom is -0.367 e. The molecule has 0 radical (unpaired) electrons. The van der Waals surface area contributed by atoms with E-state index in [1.807, 2.05) is 0 Å². The minimum atomic E-state index is 1.23. The van der Waals surface area contributed by atoms with Crippen molar-refractivity contribution in [3.05, 3.63) is 24.5 Å². The van der Waals surface area contributed by atoms with Gasteiger partial charge < -0.3 is 4.90 Å². The first kappa shape index (κ1) is 7.59. The molecule has 0 spiro atoms. The number of aryl methyl sites for hydroxylation is 1. The molecule has 0 atom stereocenters. The van der Waals surface area contributed by atoms with E-state index in [-0.39, 0.29) is 0 Å². The van der Waals surface area contributed by atoms with Crippen molar-refractivity contribution in [3.63, 3.8) is 0 Å². The van der Waals surface area contributed by atoms with Crippen LogP contribution in [0.4, 0.5) is 5.69 Å². The van der Waals surface area contributed by atoms with Crippen LogP contribution >= 0.6 is 0 Å². The molecule has 1 aromatic rings. The van der Waals surface area contributed by atoms with E-state index in [0.717, 1.165) is 0 Å². The Morgan fingerprint density at radius 2 is 2.08 bits per heavy atom. The molecule has 0 saturated carbocycles. The Kier molecular flexibility index (Phi) is 1.98. The van der Waals surface area contributed by atoms with Crippen LogP contribution in [-0.4, -0.2) is 13.1 Å². The average molecular weight is 163 g/mol. The number of rotatable bonds is 1. The minimum absolute atomic E-state index is 1.23. The van der Waals surface area contributed by atoms with Gasteiger partial charge in [-0.1, -0.05) is 0 Å². The zero-order chi connectivity index (χ0) is 8.39. The molecule has 1 aliphatic rings. The van der Waals surface area contributed by atoms with Crippen LogP contribution in [0.15, 0.2) is 24.5 Å². The number of pyridine rings is 1. The molecular weight excluding hydrogens is 148 g/mol. The summed E-state index contributed by atoms with van der Waals surface area (Å²) in [5, 5.41) is 0. The highest BCUT2D eigenvalue weighted by molar-refractivity contribution is 5.42. The molecule has 2 heterocycles. The quantitative estimate of drug-likeness (QED) is 0.563. The summed E-state index contributed by atoms with van der Waals surface area (Å²) < 4.78 is 2.10. The predicted molar refractivity (Wildman–Crippen MR) is 49.1 cm³/mol. The molecule has 1 aliphatic heterocycles. The van der Waals surface area contributed by atoms with Crippen molar-refractivity contribution in [2.75, 3.05) is 18.0 Å². The normalized spacial score (nSPS) is 16.9. The van der Waals surface area contributed by atoms with Gasteiger partial charge in [-0.2, -0.15) is 0 Å². The molecular formula is C10H15N2+. The van der Waals surface area contributed by atoms with E-state index in [0.29, 0.717) is 0 Å². The van der Waals surface area contributed by atoms with E-state index >= 15 is 0 Å². The lowest BCUT2D eigenvalue weighted by molar-refractivity contribution is -0.670. The van der Waals surface area contributed by atoms with Gasteiger partial charge in [0.05, 0.1) is 0 Å². The molecule has 0 bridgehead atoms. The summed E-state index contributed by atoms with van der Waals surface area (Å²) in [6.07, 6.45) is 6.95. The van der Waals surface area contributed by atoms with Crippen molar-refractivity contribution in [2.45, 2.75) is 12.8 Å². The van der Waals surface area contributed by atoms with E-state index in [2.05, 4.69) is 41.0 Å². The summed E-state index contributed by atoms with van der Waals surface area (Å²) in [7, 11) is 2.07. The van der Waals surface area contributed by atoms with Crippen molar-refractivity contribution in [2.24, 2.45) is 7.05 Å². The van der Waals surface area contributed by atoms with Crippen LogP contribution in [0.2, 0.25) is 0 Å². The Labute approximate surface area is 73.4 Å². The Morgan fingerprint density at radius 1 is 1.33 bits per heavy atom. The van der Waals surface area contributed by atoms with E-state index in [4.69, 9.17) is 0 Å². The number of nitrogens with zero attached hydrogens (tertiary/aromatic N) is 2. The molecule has 64 valence electrons. The van der Waals surface area contributed by atoms with Crippen molar-refractivity contribution < 1.29 is 4.57 Å². The van der Waals surface area contributed by atoms with Gasteiger partial charge in [0.15, 0.2) is 12.4 Å². The summed E-state index contributed by atoms with van der Waals surface area (Å²) in [5.41, 5.74) is 1.36. The molecule has 12 heavy (non-hydrogen) atoms. The molecule has 1 aromatic heterocycles. The van der Waals surface area contributed by atoms with E-state index in [1.165, 1.54) is 31.6 Å². The van der Waals surface area contributed by atoms with Crippen LogP contribution in [0.1, 0.15) is 12.8 Å². The van der Waals surface area contributed by atoms with Gasteiger partial charge in [-0.15, -0.1) is 0 Å². The van der Waals surface area contributed by atoms with Crippen LogP contribution in [0, 0.1) is 0 Å². The highest BCUT2D eigenvalue weighted by Gasteiger charge is 2.13. The Hall–Kier alpha value is -1.05. The summed E-state index contributed by atoms with van der Waals surface area (Å²) in [6.45, 7) is 2.45. The molecule has 2 heteroatoms. The fourth-order valence-electron chi connectivity index (χ4n) is 1.73. The van der Waals surface area contributed by atoms with Crippen LogP contribution in [-0.2, 0) is 7.05 Å². The van der Waals surface area contributed by atoms with Crippen LogP contribution < -0.4 is 9.47 Å². The van der Waals surface area contributed by atoms with Gasteiger partial charge in [0.2, 0.25) is 0 Å². The first-order chi connectivity index (χ1) is 5.86. The first-order valence-electron chi connectivity index (χ1n) is 4.56. The van der Waals surface area contributed by atoms with Gasteiger partial charge in [0, 0.05) is 19.2 Å². The van der Waals surface area contributed by atoms with Crippen molar-refractivity contribution in [1.29, 1.82) is 0 Å². The Bertz CT molecular complexity index is 264. The maximum absolute atomic E-state index is 2.44. The van der Waals surface area contributed by atoms with E-state index in [1.54, 1.807) is 0 Å². The second-order valence-electron chi connectivity index (χ2n) is 3.42. The molecule has 1 fully saturated rings. The largest absolute Gasteiger partial charge is 0.367 e. The summed E-state index contributed by atoms with van der Waals surface area (Å²) in [6, 6.07) is 4.29. The van der Waals surface area contributed by atoms with Gasteiger partial charge in [-0.3, -0.25) is 0 Å². The fourth-order valence-corrected chi connectivity index (χ4v) is 1.73. The molecule has 0 N–H and O–H groups in total. The summed E-state index contributed by atoms with van der Waals surface area (Å²) >= 11 is 0. The molecule has 1 saturated heterocycles. The second kappa shape index (κ2) is 3.13. The van der Waals surface area contributed by atoms with Crippen molar-refractivity contribution in [3.8, 4) is 0 Å².